The van der Waals surface area contributed by atoms with Gasteiger partial charge in [-0.3, -0.25) is 0 Å². The minimum atomic E-state index is -1.05. The van der Waals surface area contributed by atoms with Gasteiger partial charge in [-0.1, -0.05) is 6.07 Å². The molecular formula is C18H15N5O4. The Kier molecular flexibility index (Phi) is 3.96. The highest BCUT2D eigenvalue weighted by molar-refractivity contribution is 5.97. The van der Waals surface area contributed by atoms with E-state index in [1.165, 1.54) is 12.1 Å². The van der Waals surface area contributed by atoms with Crippen molar-refractivity contribution in [3.63, 3.8) is 0 Å². The van der Waals surface area contributed by atoms with Crippen LogP contribution in [0, 0.1) is 0 Å². The lowest BCUT2D eigenvalue weighted by Crippen LogP contribution is -2.22. The molecule has 0 saturated heterocycles. The number of aliphatic imine (C=N–C) groups is 1. The fourth-order valence-electron chi connectivity index (χ4n) is 2.81. The van der Waals surface area contributed by atoms with Crippen LogP contribution >= 0.6 is 0 Å². The highest BCUT2D eigenvalue weighted by atomic mass is 16.7. The van der Waals surface area contributed by atoms with Gasteiger partial charge < -0.3 is 26.0 Å². The Morgan fingerprint density at radius 3 is 2.70 bits per heavy atom. The van der Waals surface area contributed by atoms with Gasteiger partial charge in [0.15, 0.2) is 23.3 Å². The van der Waals surface area contributed by atoms with Crippen molar-refractivity contribution in [1.29, 1.82) is 0 Å². The highest BCUT2D eigenvalue weighted by Crippen LogP contribution is 2.33. The quantitative estimate of drug-likeness (QED) is 0.466. The van der Waals surface area contributed by atoms with Gasteiger partial charge in [0.2, 0.25) is 6.79 Å². The van der Waals surface area contributed by atoms with Gasteiger partial charge in [-0.05, 0) is 35.9 Å². The summed E-state index contributed by atoms with van der Waals surface area (Å²) in [6.07, 6.45) is 0.386. The van der Waals surface area contributed by atoms with Gasteiger partial charge in [0, 0.05) is 11.8 Å². The summed E-state index contributed by atoms with van der Waals surface area (Å²) in [6.45, 7) is 0.192. The monoisotopic (exact) mass is 365 g/mol. The van der Waals surface area contributed by atoms with E-state index >= 15 is 0 Å². The normalized spacial score (nSPS) is 12.1. The number of nitrogens with zero attached hydrogens (tertiary/aromatic N) is 3. The molecule has 9 nitrogen and oxygen atoms in total. The lowest BCUT2D eigenvalue weighted by atomic mass is 10.1. The lowest BCUT2D eigenvalue weighted by Gasteiger charge is -2.08. The summed E-state index contributed by atoms with van der Waals surface area (Å²) in [6, 6.07) is 10.1. The number of carboxylic acids is 1. The van der Waals surface area contributed by atoms with Crippen molar-refractivity contribution < 1.29 is 19.4 Å². The third-order valence-corrected chi connectivity index (χ3v) is 4.00. The number of carboxylic acid groups (broad SMARTS) is 1. The van der Waals surface area contributed by atoms with Crippen LogP contribution in [0.25, 0.3) is 10.9 Å². The summed E-state index contributed by atoms with van der Waals surface area (Å²) in [7, 11) is 0. The van der Waals surface area contributed by atoms with Gasteiger partial charge in [0.1, 0.15) is 5.82 Å². The van der Waals surface area contributed by atoms with Crippen LogP contribution in [0.3, 0.4) is 0 Å². The predicted octanol–water partition coefficient (Wildman–Crippen LogP) is 1.55. The molecule has 1 aromatic heterocycles. The Morgan fingerprint density at radius 1 is 1.11 bits per heavy atom. The molecule has 0 spiro atoms. The highest BCUT2D eigenvalue weighted by Gasteiger charge is 2.15. The van der Waals surface area contributed by atoms with E-state index in [9.17, 15) is 9.90 Å². The van der Waals surface area contributed by atoms with E-state index in [1.807, 2.05) is 18.2 Å². The second-order valence-corrected chi connectivity index (χ2v) is 5.90. The van der Waals surface area contributed by atoms with Crippen molar-refractivity contribution in [2.24, 2.45) is 16.5 Å². The van der Waals surface area contributed by atoms with Crippen LogP contribution in [-0.2, 0) is 6.42 Å². The van der Waals surface area contributed by atoms with Crippen molar-refractivity contribution in [3.05, 3.63) is 53.3 Å². The second kappa shape index (κ2) is 6.45. The third kappa shape index (κ3) is 3.30. The van der Waals surface area contributed by atoms with E-state index in [1.54, 1.807) is 6.07 Å². The number of ether oxygens (including phenoxy) is 2. The molecule has 2 aromatic carbocycles. The SMILES string of the molecule is NC(N)=Nc1nc(Cc2ccc3c(c2)OCO3)nc2cc(C(=O)O)ccc12. The molecule has 4 rings (SSSR count). The van der Waals surface area contributed by atoms with E-state index < -0.39 is 5.97 Å². The molecule has 27 heavy (non-hydrogen) atoms. The van der Waals surface area contributed by atoms with E-state index in [2.05, 4.69) is 15.0 Å². The van der Waals surface area contributed by atoms with Crippen molar-refractivity contribution >= 4 is 28.6 Å². The number of carbonyl (C=O) groups is 1. The first-order chi connectivity index (χ1) is 13.0. The van der Waals surface area contributed by atoms with Crippen LogP contribution in [0.5, 0.6) is 11.5 Å². The third-order valence-electron chi connectivity index (χ3n) is 4.00. The largest absolute Gasteiger partial charge is 0.478 e. The first-order valence-electron chi connectivity index (χ1n) is 8.02. The van der Waals surface area contributed by atoms with Gasteiger partial charge in [0.05, 0.1) is 11.1 Å². The smallest absolute Gasteiger partial charge is 0.335 e. The van der Waals surface area contributed by atoms with Gasteiger partial charge >= 0.3 is 5.97 Å². The Balaban J connectivity index is 1.79. The molecule has 0 amide bonds. The molecule has 136 valence electrons. The minimum Gasteiger partial charge on any atom is -0.478 e. The Labute approximate surface area is 153 Å². The Bertz CT molecular complexity index is 1090. The number of rotatable bonds is 4. The summed E-state index contributed by atoms with van der Waals surface area (Å²) in [5.74, 6) is 0.885. The Morgan fingerprint density at radius 2 is 1.93 bits per heavy atom. The maximum atomic E-state index is 11.3. The standard InChI is InChI=1S/C18H15N5O4/c19-18(20)23-16-11-3-2-10(17(24)25)7-12(11)21-15(22-16)6-9-1-4-13-14(5-9)27-8-26-13/h1-5,7H,6,8H2,(H,24,25)(H4,19,20,21,22,23). The van der Waals surface area contributed by atoms with Gasteiger partial charge in [-0.15, -0.1) is 0 Å². The fourth-order valence-corrected chi connectivity index (χ4v) is 2.81. The van der Waals surface area contributed by atoms with Gasteiger partial charge in [-0.25, -0.2) is 14.8 Å². The number of fused-ring (bicyclic) bond motifs is 2. The fraction of sp³-hybridized carbons (Fsp3) is 0.111. The summed E-state index contributed by atoms with van der Waals surface area (Å²) >= 11 is 0. The molecule has 5 N–H and O–H groups in total. The first-order valence-corrected chi connectivity index (χ1v) is 8.02. The predicted molar refractivity (Wildman–Crippen MR) is 97.3 cm³/mol. The number of aromatic carboxylic acids is 1. The zero-order chi connectivity index (χ0) is 19.0. The van der Waals surface area contributed by atoms with Crippen LogP contribution in [0.2, 0.25) is 0 Å². The minimum absolute atomic E-state index is 0.117. The van der Waals surface area contributed by atoms with Crippen molar-refractivity contribution in [1.82, 2.24) is 9.97 Å². The second-order valence-electron chi connectivity index (χ2n) is 5.90. The molecule has 0 atom stereocenters. The van der Waals surface area contributed by atoms with Crippen molar-refractivity contribution in [2.45, 2.75) is 6.42 Å². The number of benzene rings is 2. The molecule has 0 fully saturated rings. The molecule has 2 heterocycles. The maximum Gasteiger partial charge on any atom is 0.335 e. The molecule has 0 unspecified atom stereocenters. The zero-order valence-electron chi connectivity index (χ0n) is 14.0. The van der Waals surface area contributed by atoms with Gasteiger partial charge in [-0.2, -0.15) is 4.99 Å². The molecule has 0 radical (unpaired) electrons. The van der Waals surface area contributed by atoms with Crippen LogP contribution in [0.1, 0.15) is 21.7 Å². The summed E-state index contributed by atoms with van der Waals surface area (Å²) in [5, 5.41) is 9.77. The summed E-state index contributed by atoms with van der Waals surface area (Å²) < 4.78 is 10.7. The van der Waals surface area contributed by atoms with Crippen molar-refractivity contribution in [2.75, 3.05) is 6.79 Å². The number of hydrogen-bond donors (Lipinski definition) is 3. The zero-order valence-corrected chi connectivity index (χ0v) is 14.0. The summed E-state index contributed by atoms with van der Waals surface area (Å²) in [5.41, 5.74) is 12.5. The molecule has 9 heteroatoms. The molecular weight excluding hydrogens is 350 g/mol. The molecule has 1 aliphatic rings. The molecule has 0 bridgehead atoms. The van der Waals surface area contributed by atoms with E-state index in [4.69, 9.17) is 20.9 Å². The number of aromatic nitrogens is 2. The van der Waals surface area contributed by atoms with Gasteiger partial charge in [0.25, 0.3) is 0 Å². The number of nitrogens with two attached hydrogens (primary N) is 2. The van der Waals surface area contributed by atoms with Crippen LogP contribution < -0.4 is 20.9 Å². The average Bonchev–Trinajstić information content (AvgIpc) is 3.08. The molecule has 1 aliphatic heterocycles. The molecule has 3 aromatic rings. The van der Waals surface area contributed by atoms with Crippen molar-refractivity contribution in [3.8, 4) is 11.5 Å². The van der Waals surface area contributed by atoms with E-state index in [-0.39, 0.29) is 24.1 Å². The average molecular weight is 365 g/mol. The van der Waals surface area contributed by atoms with Crippen LogP contribution in [-0.4, -0.2) is 33.8 Å². The maximum absolute atomic E-state index is 11.3. The lowest BCUT2D eigenvalue weighted by molar-refractivity contribution is 0.0697. The molecule has 0 saturated carbocycles. The summed E-state index contributed by atoms with van der Waals surface area (Å²) in [4.78, 5) is 24.2. The topological polar surface area (TPSA) is 146 Å². The Hall–Kier alpha value is -3.88. The van der Waals surface area contributed by atoms with Crippen LogP contribution in [0.15, 0.2) is 41.4 Å². The van der Waals surface area contributed by atoms with E-state index in [0.29, 0.717) is 34.6 Å². The molecule has 0 aliphatic carbocycles. The van der Waals surface area contributed by atoms with E-state index in [0.717, 1.165) is 5.56 Å². The number of hydrogen-bond acceptors (Lipinski definition) is 6. The van der Waals surface area contributed by atoms with Crippen LogP contribution in [0.4, 0.5) is 5.82 Å². The first kappa shape index (κ1) is 16.6. The number of guanidine groups is 1.